The third-order valence-electron chi connectivity index (χ3n) is 3.00. The Bertz CT molecular complexity index is 863. The molecule has 0 bridgehead atoms. The lowest BCUT2D eigenvalue weighted by molar-refractivity contribution is -0.139. The van der Waals surface area contributed by atoms with Gasteiger partial charge in [0.05, 0.1) is 6.26 Å². The first-order valence-corrected chi connectivity index (χ1v) is 7.40. The number of ether oxygens (including phenoxy) is 1. The Hall–Kier alpha value is -3.68. The topological polar surface area (TPSA) is 116 Å². The molecule has 0 saturated heterocycles. The SMILES string of the molecule is Nc1nc(COC(=O)C=Cc2ccco2)nc(Nc2ccccc2)n1. The van der Waals surface area contributed by atoms with E-state index in [-0.39, 0.29) is 24.3 Å². The van der Waals surface area contributed by atoms with Crippen molar-refractivity contribution in [2.24, 2.45) is 0 Å². The van der Waals surface area contributed by atoms with Gasteiger partial charge in [-0.05, 0) is 30.3 Å². The minimum absolute atomic E-state index is 0.0330. The molecule has 0 radical (unpaired) electrons. The number of nitrogens with two attached hydrogens (primary N) is 1. The fraction of sp³-hybridized carbons (Fsp3) is 0.0588. The summed E-state index contributed by atoms with van der Waals surface area (Å²) in [5.74, 6) is 0.552. The van der Waals surface area contributed by atoms with Crippen LogP contribution in [0.3, 0.4) is 0 Å². The minimum atomic E-state index is -0.548. The second-order valence-electron chi connectivity index (χ2n) is 4.88. The zero-order valence-corrected chi connectivity index (χ0v) is 13.1. The summed E-state index contributed by atoms with van der Waals surface area (Å²) in [5, 5.41) is 3.01. The number of nitrogen functional groups attached to an aromatic ring is 1. The Morgan fingerprint density at radius 2 is 2.00 bits per heavy atom. The Balaban J connectivity index is 1.61. The molecule has 0 aliphatic carbocycles. The molecule has 0 amide bonds. The van der Waals surface area contributed by atoms with Crippen molar-refractivity contribution in [3.05, 3.63) is 66.4 Å². The van der Waals surface area contributed by atoms with Crippen molar-refractivity contribution in [3.8, 4) is 0 Å². The summed E-state index contributed by atoms with van der Waals surface area (Å²) < 4.78 is 10.2. The van der Waals surface area contributed by atoms with Crippen LogP contribution in [0.4, 0.5) is 17.6 Å². The van der Waals surface area contributed by atoms with Crippen LogP contribution in [0.5, 0.6) is 0 Å². The van der Waals surface area contributed by atoms with Gasteiger partial charge in [0.1, 0.15) is 5.76 Å². The molecular weight excluding hydrogens is 322 g/mol. The van der Waals surface area contributed by atoms with Gasteiger partial charge in [-0.25, -0.2) is 4.79 Å². The highest BCUT2D eigenvalue weighted by atomic mass is 16.5. The molecule has 0 fully saturated rings. The van der Waals surface area contributed by atoms with Crippen LogP contribution in [0.2, 0.25) is 0 Å². The average molecular weight is 337 g/mol. The fourth-order valence-corrected chi connectivity index (χ4v) is 1.93. The van der Waals surface area contributed by atoms with Crippen molar-refractivity contribution < 1.29 is 13.9 Å². The maximum absolute atomic E-state index is 11.7. The van der Waals surface area contributed by atoms with Gasteiger partial charge in [0, 0.05) is 11.8 Å². The van der Waals surface area contributed by atoms with Gasteiger partial charge < -0.3 is 20.2 Å². The van der Waals surface area contributed by atoms with E-state index < -0.39 is 5.97 Å². The number of carbonyl (C=O) groups excluding carboxylic acids is 1. The van der Waals surface area contributed by atoms with E-state index in [1.165, 1.54) is 18.4 Å². The van der Waals surface area contributed by atoms with Crippen molar-refractivity contribution in [2.45, 2.75) is 6.61 Å². The molecule has 0 aliphatic rings. The van der Waals surface area contributed by atoms with E-state index in [0.717, 1.165) is 5.69 Å². The second-order valence-corrected chi connectivity index (χ2v) is 4.88. The highest BCUT2D eigenvalue weighted by Gasteiger charge is 2.07. The first kappa shape index (κ1) is 16.2. The molecule has 0 unspecified atom stereocenters. The average Bonchev–Trinajstić information content (AvgIpc) is 3.12. The smallest absolute Gasteiger partial charge is 0.331 e. The van der Waals surface area contributed by atoms with Crippen LogP contribution in [-0.4, -0.2) is 20.9 Å². The lowest BCUT2D eigenvalue weighted by Crippen LogP contribution is -2.10. The van der Waals surface area contributed by atoms with Crippen LogP contribution in [0.1, 0.15) is 11.6 Å². The van der Waals surface area contributed by atoms with Gasteiger partial charge in [0.15, 0.2) is 12.4 Å². The number of rotatable bonds is 6. The first-order chi connectivity index (χ1) is 12.2. The Morgan fingerprint density at radius 3 is 2.76 bits per heavy atom. The van der Waals surface area contributed by atoms with Crippen LogP contribution in [0, 0.1) is 0 Å². The van der Waals surface area contributed by atoms with Crippen molar-refractivity contribution in [1.82, 2.24) is 15.0 Å². The molecular formula is C17H15N5O3. The van der Waals surface area contributed by atoms with E-state index in [0.29, 0.717) is 5.76 Å². The van der Waals surface area contributed by atoms with Crippen molar-refractivity contribution in [1.29, 1.82) is 0 Å². The monoisotopic (exact) mass is 337 g/mol. The lowest BCUT2D eigenvalue weighted by Gasteiger charge is -2.07. The standard InChI is InChI=1S/C17H15N5O3/c18-16-20-14(11-25-15(23)9-8-13-7-4-10-24-13)21-17(22-16)19-12-5-2-1-3-6-12/h1-10H,11H2,(H3,18,19,20,21,22). The Labute approximate surface area is 143 Å². The van der Waals surface area contributed by atoms with Gasteiger partial charge in [-0.3, -0.25) is 0 Å². The summed E-state index contributed by atoms with van der Waals surface area (Å²) in [6.45, 7) is -0.127. The predicted octanol–water partition coefficient (Wildman–Crippen LogP) is 2.55. The number of carbonyl (C=O) groups is 1. The van der Waals surface area contributed by atoms with E-state index in [9.17, 15) is 4.79 Å². The summed E-state index contributed by atoms with van der Waals surface area (Å²) in [6.07, 6.45) is 4.28. The molecule has 3 aromatic rings. The molecule has 126 valence electrons. The maximum Gasteiger partial charge on any atom is 0.331 e. The second kappa shape index (κ2) is 7.73. The van der Waals surface area contributed by atoms with Crippen LogP contribution >= 0.6 is 0 Å². The van der Waals surface area contributed by atoms with Crippen LogP contribution < -0.4 is 11.1 Å². The highest BCUT2D eigenvalue weighted by molar-refractivity contribution is 5.86. The van der Waals surface area contributed by atoms with Crippen molar-refractivity contribution in [3.63, 3.8) is 0 Å². The number of para-hydroxylation sites is 1. The van der Waals surface area contributed by atoms with Crippen molar-refractivity contribution >= 4 is 29.6 Å². The number of anilines is 3. The van der Waals surface area contributed by atoms with Crippen LogP contribution in [0.25, 0.3) is 6.08 Å². The third kappa shape index (κ3) is 4.90. The van der Waals surface area contributed by atoms with E-state index in [1.54, 1.807) is 12.1 Å². The molecule has 0 aliphatic heterocycles. The fourth-order valence-electron chi connectivity index (χ4n) is 1.93. The van der Waals surface area contributed by atoms with Gasteiger partial charge in [-0.1, -0.05) is 18.2 Å². The van der Waals surface area contributed by atoms with Crippen molar-refractivity contribution in [2.75, 3.05) is 11.1 Å². The molecule has 3 N–H and O–H groups in total. The van der Waals surface area contributed by atoms with Crippen LogP contribution in [-0.2, 0) is 16.1 Å². The summed E-state index contributed by atoms with van der Waals surface area (Å²) >= 11 is 0. The zero-order valence-electron chi connectivity index (χ0n) is 13.1. The maximum atomic E-state index is 11.7. The molecule has 1 aromatic carbocycles. The summed E-state index contributed by atoms with van der Waals surface area (Å²) in [4.78, 5) is 23.8. The van der Waals surface area contributed by atoms with E-state index in [4.69, 9.17) is 14.9 Å². The number of benzene rings is 1. The molecule has 2 heterocycles. The Kier molecular flexibility index (Phi) is 5.01. The highest BCUT2D eigenvalue weighted by Crippen LogP contribution is 2.13. The molecule has 2 aromatic heterocycles. The van der Waals surface area contributed by atoms with E-state index in [2.05, 4.69) is 20.3 Å². The number of hydrogen-bond acceptors (Lipinski definition) is 8. The largest absolute Gasteiger partial charge is 0.465 e. The number of hydrogen-bond donors (Lipinski definition) is 2. The zero-order chi connectivity index (χ0) is 17.5. The number of nitrogens with zero attached hydrogens (tertiary/aromatic N) is 3. The van der Waals surface area contributed by atoms with Gasteiger partial charge >= 0.3 is 5.97 Å². The number of esters is 1. The van der Waals surface area contributed by atoms with Gasteiger partial charge in [0.25, 0.3) is 0 Å². The number of nitrogens with one attached hydrogen (secondary N) is 1. The van der Waals surface area contributed by atoms with E-state index >= 15 is 0 Å². The van der Waals surface area contributed by atoms with E-state index in [1.807, 2.05) is 30.3 Å². The number of furan rings is 1. The molecule has 8 nitrogen and oxygen atoms in total. The van der Waals surface area contributed by atoms with Gasteiger partial charge in [0.2, 0.25) is 11.9 Å². The summed E-state index contributed by atoms with van der Waals surface area (Å²) in [7, 11) is 0. The lowest BCUT2D eigenvalue weighted by atomic mass is 10.3. The summed E-state index contributed by atoms with van der Waals surface area (Å²) in [6, 6.07) is 12.8. The van der Waals surface area contributed by atoms with Gasteiger partial charge in [-0.2, -0.15) is 15.0 Å². The first-order valence-electron chi connectivity index (χ1n) is 7.40. The predicted molar refractivity (Wildman–Crippen MR) is 91.5 cm³/mol. The third-order valence-corrected chi connectivity index (χ3v) is 3.00. The Morgan fingerprint density at radius 1 is 1.16 bits per heavy atom. The molecule has 0 spiro atoms. The molecule has 0 atom stereocenters. The molecule has 3 rings (SSSR count). The van der Waals surface area contributed by atoms with Gasteiger partial charge in [-0.15, -0.1) is 0 Å². The van der Waals surface area contributed by atoms with Crippen LogP contribution in [0.15, 0.2) is 59.2 Å². The summed E-state index contributed by atoms with van der Waals surface area (Å²) in [5.41, 5.74) is 6.48. The molecule has 25 heavy (non-hydrogen) atoms. The normalized spacial score (nSPS) is 10.7. The number of aromatic nitrogens is 3. The quantitative estimate of drug-likeness (QED) is 0.521. The molecule has 8 heteroatoms. The minimum Gasteiger partial charge on any atom is -0.465 e. The molecule has 0 saturated carbocycles.